The minimum absolute atomic E-state index is 0.0225. The minimum Gasteiger partial charge on any atom is -0.360 e. The first-order valence-electron chi connectivity index (χ1n) is 6.20. The van der Waals surface area contributed by atoms with Gasteiger partial charge in [0, 0.05) is 19.7 Å². The summed E-state index contributed by atoms with van der Waals surface area (Å²) in [4.78, 5) is 13.8. The van der Waals surface area contributed by atoms with Gasteiger partial charge in [-0.3, -0.25) is 15.5 Å². The largest absolute Gasteiger partial charge is 0.360 e. The Hall–Kier alpha value is -2.34. The summed E-state index contributed by atoms with van der Waals surface area (Å²) in [6.45, 7) is 1.64. The van der Waals surface area contributed by atoms with Gasteiger partial charge in [-0.1, -0.05) is 35.0 Å². The maximum Gasteiger partial charge on any atom is 0.263 e. The van der Waals surface area contributed by atoms with Crippen LogP contribution in [0.1, 0.15) is 16.1 Å². The molecule has 0 saturated heterocycles. The van der Waals surface area contributed by atoms with Gasteiger partial charge in [0.1, 0.15) is 17.0 Å². The Labute approximate surface area is 127 Å². The summed E-state index contributed by atoms with van der Waals surface area (Å²) in [7, 11) is 3.33. The summed E-state index contributed by atoms with van der Waals surface area (Å²) < 4.78 is 5.11. The molecule has 0 aliphatic rings. The minimum atomic E-state index is -0.456. The van der Waals surface area contributed by atoms with Crippen LogP contribution in [-0.4, -0.2) is 36.0 Å². The van der Waals surface area contributed by atoms with Crippen LogP contribution in [0.3, 0.4) is 0 Å². The quantitative estimate of drug-likeness (QED) is 0.660. The van der Waals surface area contributed by atoms with Crippen LogP contribution in [0, 0.1) is 12.3 Å². The van der Waals surface area contributed by atoms with Crippen LogP contribution in [0.15, 0.2) is 28.8 Å². The fraction of sp³-hybridized carbons (Fsp3) is 0.214. The number of aryl methyl sites for hydroxylation is 1. The van der Waals surface area contributed by atoms with Gasteiger partial charge in [-0.2, -0.15) is 0 Å². The maximum absolute atomic E-state index is 12.3. The molecule has 2 N–H and O–H groups in total. The summed E-state index contributed by atoms with van der Waals surface area (Å²) in [6, 6.07) is 7.06. The molecule has 0 aliphatic heterocycles. The van der Waals surface area contributed by atoms with Gasteiger partial charge in [0.25, 0.3) is 5.91 Å². The molecule has 2 aromatic rings. The smallest absolute Gasteiger partial charge is 0.263 e. The Bertz CT molecular complexity index is 694. The maximum atomic E-state index is 12.3. The predicted molar refractivity (Wildman–Crippen MR) is 80.6 cm³/mol. The first kappa shape index (κ1) is 15.1. The molecular weight excluding hydrogens is 292 g/mol. The van der Waals surface area contributed by atoms with Crippen LogP contribution in [0.2, 0.25) is 5.02 Å². The second-order valence-corrected chi connectivity index (χ2v) is 5.05. The van der Waals surface area contributed by atoms with Crippen molar-refractivity contribution in [3.63, 3.8) is 0 Å². The highest BCUT2D eigenvalue weighted by Gasteiger charge is 2.23. The summed E-state index contributed by atoms with van der Waals surface area (Å²) >= 11 is 6.14. The van der Waals surface area contributed by atoms with Crippen LogP contribution < -0.4 is 5.32 Å². The third-order valence-electron chi connectivity index (χ3n) is 2.90. The lowest BCUT2D eigenvalue weighted by atomic mass is 10.1. The van der Waals surface area contributed by atoms with Crippen LogP contribution in [0.25, 0.3) is 11.3 Å². The van der Waals surface area contributed by atoms with Crippen LogP contribution in [0.4, 0.5) is 0 Å². The van der Waals surface area contributed by atoms with Gasteiger partial charge >= 0.3 is 0 Å². The van der Waals surface area contributed by atoms with Crippen molar-refractivity contribution in [2.45, 2.75) is 6.92 Å². The molecule has 0 saturated carbocycles. The summed E-state index contributed by atoms with van der Waals surface area (Å²) in [5.74, 6) is -0.109. The fourth-order valence-corrected chi connectivity index (χ4v) is 1.98. The topological polar surface area (TPSA) is 82.2 Å². The van der Waals surface area contributed by atoms with Crippen molar-refractivity contribution in [2.75, 3.05) is 14.1 Å². The average molecular weight is 307 g/mol. The molecule has 1 amide bonds. The number of benzene rings is 1. The lowest BCUT2D eigenvalue weighted by Gasteiger charge is -2.14. The Kier molecular flexibility index (Phi) is 4.28. The van der Waals surface area contributed by atoms with Gasteiger partial charge in [0.15, 0.2) is 5.96 Å². The molecule has 110 valence electrons. The molecule has 21 heavy (non-hydrogen) atoms. The lowest BCUT2D eigenvalue weighted by molar-refractivity contribution is 0.0972. The van der Waals surface area contributed by atoms with Crippen molar-refractivity contribution in [1.82, 2.24) is 15.4 Å². The lowest BCUT2D eigenvalue weighted by Crippen LogP contribution is -2.39. The molecular formula is C14H15ClN4O2. The predicted octanol–water partition coefficient (Wildman–Crippen LogP) is 2.53. The molecule has 0 spiro atoms. The van der Waals surface area contributed by atoms with E-state index in [0.717, 1.165) is 0 Å². The number of rotatable bonds is 2. The Balaban J connectivity index is 2.42. The van der Waals surface area contributed by atoms with Gasteiger partial charge in [0.05, 0.1) is 5.02 Å². The van der Waals surface area contributed by atoms with Crippen molar-refractivity contribution in [1.29, 1.82) is 5.41 Å². The van der Waals surface area contributed by atoms with Gasteiger partial charge in [-0.05, 0) is 13.0 Å². The number of nitrogens with one attached hydrogen (secondary N) is 2. The molecule has 6 nitrogen and oxygen atoms in total. The molecule has 0 aliphatic carbocycles. The number of aromatic nitrogens is 1. The van der Waals surface area contributed by atoms with Crippen LogP contribution in [-0.2, 0) is 0 Å². The normalized spacial score (nSPS) is 10.3. The van der Waals surface area contributed by atoms with Gasteiger partial charge < -0.3 is 9.42 Å². The number of halogens is 1. The van der Waals surface area contributed by atoms with E-state index in [-0.39, 0.29) is 11.5 Å². The highest BCUT2D eigenvalue weighted by Crippen LogP contribution is 2.30. The van der Waals surface area contributed by atoms with E-state index in [2.05, 4.69) is 10.5 Å². The molecule has 0 bridgehead atoms. The van der Waals surface area contributed by atoms with Crippen LogP contribution in [0.5, 0.6) is 0 Å². The van der Waals surface area contributed by atoms with Crippen molar-refractivity contribution in [2.24, 2.45) is 0 Å². The monoisotopic (exact) mass is 306 g/mol. The number of hydrogen-bond acceptors (Lipinski definition) is 4. The van der Waals surface area contributed by atoms with Crippen LogP contribution >= 0.6 is 11.6 Å². The molecule has 2 rings (SSSR count). The molecule has 1 heterocycles. The van der Waals surface area contributed by atoms with E-state index in [4.69, 9.17) is 21.5 Å². The standard InChI is InChI=1S/C14H15ClN4O2/c1-8-11(13(20)17-14(16)19(2)3)12(18-21-8)9-6-4-5-7-10(9)15/h4-7H,1-3H3,(H2,16,17,20). The van der Waals surface area contributed by atoms with E-state index < -0.39 is 5.91 Å². The van der Waals surface area contributed by atoms with Gasteiger partial charge in [-0.25, -0.2) is 0 Å². The highest BCUT2D eigenvalue weighted by atomic mass is 35.5. The molecule has 0 atom stereocenters. The Morgan fingerprint density at radius 3 is 2.67 bits per heavy atom. The number of amides is 1. The third-order valence-corrected chi connectivity index (χ3v) is 3.23. The van der Waals surface area contributed by atoms with E-state index in [1.165, 1.54) is 4.90 Å². The summed E-state index contributed by atoms with van der Waals surface area (Å²) in [5.41, 5.74) is 1.24. The SMILES string of the molecule is Cc1onc(-c2ccccc2Cl)c1C(=O)NC(=N)N(C)C. The van der Waals surface area contributed by atoms with Gasteiger partial charge in [-0.15, -0.1) is 0 Å². The highest BCUT2D eigenvalue weighted by molar-refractivity contribution is 6.33. The van der Waals surface area contributed by atoms with E-state index in [0.29, 0.717) is 22.0 Å². The zero-order valence-electron chi connectivity index (χ0n) is 11.9. The fourth-order valence-electron chi connectivity index (χ4n) is 1.76. The molecule has 1 aromatic heterocycles. The molecule has 0 fully saturated rings. The molecule has 0 radical (unpaired) electrons. The first-order valence-corrected chi connectivity index (χ1v) is 6.58. The Morgan fingerprint density at radius 2 is 2.05 bits per heavy atom. The second kappa shape index (κ2) is 5.97. The Morgan fingerprint density at radius 1 is 1.38 bits per heavy atom. The van der Waals surface area contributed by atoms with Crippen molar-refractivity contribution < 1.29 is 9.32 Å². The van der Waals surface area contributed by atoms with Crippen molar-refractivity contribution in [3.8, 4) is 11.3 Å². The average Bonchev–Trinajstić information content (AvgIpc) is 2.80. The van der Waals surface area contributed by atoms with E-state index in [9.17, 15) is 4.79 Å². The zero-order valence-corrected chi connectivity index (χ0v) is 12.7. The third kappa shape index (κ3) is 3.05. The first-order chi connectivity index (χ1) is 9.91. The molecule has 0 unspecified atom stereocenters. The van der Waals surface area contributed by atoms with Crippen molar-refractivity contribution in [3.05, 3.63) is 40.6 Å². The molecule has 7 heteroatoms. The number of guanidine groups is 1. The zero-order chi connectivity index (χ0) is 15.6. The summed E-state index contributed by atoms with van der Waals surface area (Å²) in [5, 5.41) is 14.6. The van der Waals surface area contributed by atoms with E-state index in [1.807, 2.05) is 0 Å². The second-order valence-electron chi connectivity index (χ2n) is 4.64. The summed E-state index contributed by atoms with van der Waals surface area (Å²) in [6.07, 6.45) is 0. The molecule has 1 aromatic carbocycles. The van der Waals surface area contributed by atoms with E-state index in [1.54, 1.807) is 45.3 Å². The van der Waals surface area contributed by atoms with Crippen molar-refractivity contribution >= 4 is 23.5 Å². The number of hydrogen-bond donors (Lipinski definition) is 2. The van der Waals surface area contributed by atoms with Gasteiger partial charge in [0.2, 0.25) is 0 Å². The number of carbonyl (C=O) groups is 1. The van der Waals surface area contributed by atoms with E-state index >= 15 is 0 Å². The number of carbonyl (C=O) groups excluding carboxylic acids is 1. The number of nitrogens with zero attached hydrogens (tertiary/aromatic N) is 2.